The molecule has 0 bridgehead atoms. The van der Waals surface area contributed by atoms with Crippen molar-refractivity contribution < 1.29 is 5.11 Å². The maximum atomic E-state index is 9.56. The van der Waals surface area contributed by atoms with Gasteiger partial charge in [0.15, 0.2) is 0 Å². The molecular formula is C9H8INO. The number of alkyl halides is 1. The zero-order chi connectivity index (χ0) is 9.19. The number of halogens is 1. The van der Waals surface area contributed by atoms with Crippen LogP contribution in [0.5, 0.6) is 0 Å². The molecule has 62 valence electrons. The van der Waals surface area contributed by atoms with Crippen LogP contribution in [0.1, 0.15) is 18.1 Å². The summed E-state index contributed by atoms with van der Waals surface area (Å²) in [5.41, 5.74) is 1.42. The minimum absolute atomic E-state index is 0.611. The summed E-state index contributed by atoms with van der Waals surface area (Å²) in [6.45, 7) is 1.70. The number of benzene rings is 1. The number of hydrogen-bond acceptors (Lipinski definition) is 2. The Morgan fingerprint density at radius 3 is 2.25 bits per heavy atom. The molecule has 1 rings (SSSR count). The van der Waals surface area contributed by atoms with Gasteiger partial charge in [0.1, 0.15) is 3.61 Å². The van der Waals surface area contributed by atoms with E-state index in [4.69, 9.17) is 5.26 Å². The second kappa shape index (κ2) is 3.42. The third-order valence-electron chi connectivity index (χ3n) is 1.54. The fourth-order valence-electron chi connectivity index (χ4n) is 0.849. The van der Waals surface area contributed by atoms with Gasteiger partial charge in [-0.15, -0.1) is 0 Å². The fraction of sp³-hybridized carbons (Fsp3) is 0.222. The van der Waals surface area contributed by atoms with E-state index in [1.165, 1.54) is 0 Å². The Labute approximate surface area is 85.0 Å². The first-order valence-electron chi connectivity index (χ1n) is 3.46. The van der Waals surface area contributed by atoms with Gasteiger partial charge in [-0.05, 0) is 47.2 Å². The molecule has 0 saturated heterocycles. The van der Waals surface area contributed by atoms with Crippen molar-refractivity contribution >= 4 is 22.6 Å². The van der Waals surface area contributed by atoms with E-state index in [0.717, 1.165) is 5.56 Å². The second-order valence-corrected chi connectivity index (χ2v) is 4.74. The zero-order valence-electron chi connectivity index (χ0n) is 6.58. The van der Waals surface area contributed by atoms with Gasteiger partial charge in [0, 0.05) is 0 Å². The summed E-state index contributed by atoms with van der Waals surface area (Å²) in [5, 5.41) is 18.1. The van der Waals surface area contributed by atoms with Crippen molar-refractivity contribution in [3.63, 3.8) is 0 Å². The van der Waals surface area contributed by atoms with Crippen molar-refractivity contribution in [2.24, 2.45) is 0 Å². The molecule has 0 aliphatic heterocycles. The van der Waals surface area contributed by atoms with Crippen LogP contribution >= 0.6 is 22.6 Å². The molecule has 0 amide bonds. The molecule has 0 fully saturated rings. The minimum atomic E-state index is -0.855. The first kappa shape index (κ1) is 9.49. The molecule has 0 heterocycles. The van der Waals surface area contributed by atoms with Crippen LogP contribution in [0.4, 0.5) is 0 Å². The lowest BCUT2D eigenvalue weighted by Gasteiger charge is -2.14. The summed E-state index contributed by atoms with van der Waals surface area (Å²) in [6.07, 6.45) is 0. The van der Waals surface area contributed by atoms with Gasteiger partial charge < -0.3 is 5.11 Å². The highest BCUT2D eigenvalue weighted by atomic mass is 127. The van der Waals surface area contributed by atoms with Crippen molar-refractivity contribution in [2.45, 2.75) is 10.5 Å². The van der Waals surface area contributed by atoms with Gasteiger partial charge >= 0.3 is 0 Å². The van der Waals surface area contributed by atoms with Gasteiger partial charge in [-0.1, -0.05) is 12.1 Å². The highest BCUT2D eigenvalue weighted by Gasteiger charge is 2.17. The molecular weight excluding hydrogens is 265 g/mol. The van der Waals surface area contributed by atoms with Crippen molar-refractivity contribution in [3.8, 4) is 6.07 Å². The molecule has 0 unspecified atom stereocenters. The molecule has 0 aliphatic carbocycles. The lowest BCUT2D eigenvalue weighted by atomic mass is 10.1. The Kier molecular flexibility index (Phi) is 2.70. The molecule has 2 nitrogen and oxygen atoms in total. The molecule has 0 aromatic heterocycles. The average molecular weight is 273 g/mol. The third kappa shape index (κ3) is 2.19. The van der Waals surface area contributed by atoms with Crippen LogP contribution in [0.2, 0.25) is 0 Å². The summed E-state index contributed by atoms with van der Waals surface area (Å²) in [6, 6.07) is 8.93. The Morgan fingerprint density at radius 2 is 1.92 bits per heavy atom. The lowest BCUT2D eigenvalue weighted by Crippen LogP contribution is -2.10. The monoisotopic (exact) mass is 273 g/mol. The molecule has 3 heteroatoms. The van der Waals surface area contributed by atoms with Gasteiger partial charge in [-0.2, -0.15) is 5.26 Å². The Morgan fingerprint density at radius 1 is 1.42 bits per heavy atom. The van der Waals surface area contributed by atoms with Gasteiger partial charge in [0.25, 0.3) is 0 Å². The number of rotatable bonds is 1. The molecule has 1 N–H and O–H groups in total. The number of aliphatic hydroxyl groups is 1. The molecule has 0 saturated carbocycles. The van der Waals surface area contributed by atoms with Crippen molar-refractivity contribution in [1.29, 1.82) is 5.26 Å². The Hall–Kier alpha value is -0.600. The summed E-state index contributed by atoms with van der Waals surface area (Å²) < 4.78 is -0.855. The van der Waals surface area contributed by atoms with E-state index >= 15 is 0 Å². The van der Waals surface area contributed by atoms with Gasteiger partial charge in [-0.25, -0.2) is 0 Å². The first-order valence-corrected chi connectivity index (χ1v) is 4.54. The summed E-state index contributed by atoms with van der Waals surface area (Å²) in [5.74, 6) is 0. The fourth-order valence-corrected chi connectivity index (χ4v) is 1.21. The molecule has 1 aromatic carbocycles. The van der Waals surface area contributed by atoms with Crippen LogP contribution in [0.15, 0.2) is 24.3 Å². The van der Waals surface area contributed by atoms with Crippen LogP contribution in [-0.2, 0) is 3.61 Å². The van der Waals surface area contributed by atoms with E-state index in [9.17, 15) is 5.11 Å². The maximum Gasteiger partial charge on any atom is 0.138 e. The largest absolute Gasteiger partial charge is 0.376 e. The van der Waals surface area contributed by atoms with Crippen molar-refractivity contribution in [2.75, 3.05) is 0 Å². The van der Waals surface area contributed by atoms with Crippen LogP contribution in [0, 0.1) is 11.3 Å². The van der Waals surface area contributed by atoms with Crippen molar-refractivity contribution in [1.82, 2.24) is 0 Å². The van der Waals surface area contributed by atoms with Crippen LogP contribution in [-0.4, -0.2) is 5.11 Å². The van der Waals surface area contributed by atoms with E-state index in [1.54, 1.807) is 31.2 Å². The highest BCUT2D eigenvalue weighted by Crippen LogP contribution is 2.27. The minimum Gasteiger partial charge on any atom is -0.376 e. The summed E-state index contributed by atoms with van der Waals surface area (Å²) in [4.78, 5) is 0. The number of hydrogen-bond donors (Lipinski definition) is 1. The predicted molar refractivity (Wildman–Crippen MR) is 54.7 cm³/mol. The third-order valence-corrected chi connectivity index (χ3v) is 2.16. The van der Waals surface area contributed by atoms with E-state index in [-0.39, 0.29) is 0 Å². The molecule has 0 spiro atoms. The summed E-state index contributed by atoms with van der Waals surface area (Å²) >= 11 is 1.94. The quantitative estimate of drug-likeness (QED) is 0.629. The van der Waals surface area contributed by atoms with E-state index < -0.39 is 3.61 Å². The van der Waals surface area contributed by atoms with E-state index in [2.05, 4.69) is 0 Å². The van der Waals surface area contributed by atoms with Crippen LogP contribution in [0.25, 0.3) is 0 Å². The molecule has 0 radical (unpaired) electrons. The maximum absolute atomic E-state index is 9.56. The molecule has 12 heavy (non-hydrogen) atoms. The normalized spacial score (nSPS) is 14.8. The standard InChI is InChI=1S/C9H8INO/c1-9(10,12)8-4-2-7(6-11)3-5-8/h2-5,12H,1H3/t9-/m0/s1. The second-order valence-electron chi connectivity index (χ2n) is 2.64. The van der Waals surface area contributed by atoms with Gasteiger partial charge in [0.05, 0.1) is 11.6 Å². The van der Waals surface area contributed by atoms with E-state index in [1.807, 2.05) is 28.7 Å². The smallest absolute Gasteiger partial charge is 0.138 e. The van der Waals surface area contributed by atoms with Gasteiger partial charge in [0.2, 0.25) is 0 Å². The topological polar surface area (TPSA) is 44.0 Å². The average Bonchev–Trinajstić information content (AvgIpc) is 2.03. The molecule has 1 aromatic rings. The van der Waals surface area contributed by atoms with Crippen LogP contribution < -0.4 is 0 Å². The van der Waals surface area contributed by atoms with Crippen LogP contribution in [0.3, 0.4) is 0 Å². The van der Waals surface area contributed by atoms with Gasteiger partial charge in [-0.3, -0.25) is 0 Å². The zero-order valence-corrected chi connectivity index (χ0v) is 8.74. The first-order chi connectivity index (χ1) is 5.54. The SMILES string of the molecule is C[C@@](O)(I)c1ccc(C#N)cc1. The van der Waals surface area contributed by atoms with E-state index in [0.29, 0.717) is 5.56 Å². The summed E-state index contributed by atoms with van der Waals surface area (Å²) in [7, 11) is 0. The Balaban J connectivity index is 3.02. The van der Waals surface area contributed by atoms with Crippen molar-refractivity contribution in [3.05, 3.63) is 35.4 Å². The number of nitrogens with zero attached hydrogens (tertiary/aromatic N) is 1. The molecule has 1 atom stereocenters. The lowest BCUT2D eigenvalue weighted by molar-refractivity contribution is 0.179. The Bertz CT molecular complexity index is 305. The predicted octanol–water partition coefficient (Wildman–Crippen LogP) is 2.16. The number of nitriles is 1. The molecule has 0 aliphatic rings. The highest BCUT2D eigenvalue weighted by molar-refractivity contribution is 14.1.